The second-order valence-electron chi connectivity index (χ2n) is 8.72. The Bertz CT molecular complexity index is 1320. The average molecular weight is 578 g/mol. The normalized spacial score (nSPS) is 12.8. The number of nitrogens with one attached hydrogen (secondary N) is 3. The number of thiophene rings is 1. The number of methoxy groups -OCH3 is 1. The molecule has 0 saturated carbocycles. The smallest absolute Gasteiger partial charge is 0.328 e. The van der Waals surface area contributed by atoms with Crippen LogP contribution >= 0.6 is 22.9 Å². The predicted octanol–water partition coefficient (Wildman–Crippen LogP) is 5.56. The number of rotatable bonds is 13. The quantitative estimate of drug-likeness (QED) is 0.246. The van der Waals surface area contributed by atoms with E-state index in [-0.39, 0.29) is 22.1 Å². The number of benzene rings is 2. The number of hydrogen-bond donors (Lipinski definition) is 3. The molecule has 1 heterocycles. The summed E-state index contributed by atoms with van der Waals surface area (Å²) < 4.78 is 32.6. The Morgan fingerprint density at radius 2 is 1.68 bits per heavy atom. The van der Waals surface area contributed by atoms with Crippen LogP contribution in [0.3, 0.4) is 0 Å². The molecule has 1 aromatic heterocycles. The van der Waals surface area contributed by atoms with Gasteiger partial charge in [-0.25, -0.2) is 17.9 Å². The molecule has 8 nitrogen and oxygen atoms in total. The first-order chi connectivity index (χ1) is 18.2. The van der Waals surface area contributed by atoms with Gasteiger partial charge in [0, 0.05) is 18.5 Å². The van der Waals surface area contributed by atoms with Gasteiger partial charge in [-0.1, -0.05) is 67.4 Å². The van der Waals surface area contributed by atoms with Gasteiger partial charge in [0.25, 0.3) is 15.9 Å². The summed E-state index contributed by atoms with van der Waals surface area (Å²) in [5.74, 6) is 0.250. The third kappa shape index (κ3) is 8.47. The van der Waals surface area contributed by atoms with Gasteiger partial charge in [0.1, 0.15) is 9.96 Å². The summed E-state index contributed by atoms with van der Waals surface area (Å²) in [6.07, 6.45) is 2.73. The van der Waals surface area contributed by atoms with E-state index in [0.717, 1.165) is 23.3 Å². The summed E-state index contributed by atoms with van der Waals surface area (Å²) in [5, 5.41) is 5.81. The van der Waals surface area contributed by atoms with Crippen molar-refractivity contribution in [2.75, 3.05) is 13.7 Å². The minimum Gasteiger partial charge on any atom is -0.496 e. The Balaban J connectivity index is 1.65. The fourth-order valence-electron chi connectivity index (χ4n) is 4.12. The molecule has 11 heteroatoms. The van der Waals surface area contributed by atoms with Crippen molar-refractivity contribution in [3.05, 3.63) is 82.2 Å². The van der Waals surface area contributed by atoms with Crippen LogP contribution in [-0.2, 0) is 10.0 Å². The lowest BCUT2D eigenvalue weighted by molar-refractivity contribution is 0.0947. The largest absolute Gasteiger partial charge is 0.496 e. The predicted molar refractivity (Wildman–Crippen MR) is 151 cm³/mol. The zero-order chi connectivity index (χ0) is 27.5. The average Bonchev–Trinajstić information content (AvgIpc) is 3.36. The van der Waals surface area contributed by atoms with E-state index in [1.54, 1.807) is 24.3 Å². The third-order valence-electron chi connectivity index (χ3n) is 6.01. The highest BCUT2D eigenvalue weighted by atomic mass is 35.5. The van der Waals surface area contributed by atoms with Crippen molar-refractivity contribution in [1.29, 1.82) is 0 Å². The van der Waals surface area contributed by atoms with Crippen LogP contribution in [0.4, 0.5) is 4.79 Å². The third-order valence-corrected chi connectivity index (χ3v) is 9.06. The molecule has 3 aromatic rings. The van der Waals surface area contributed by atoms with E-state index in [2.05, 4.69) is 15.4 Å². The van der Waals surface area contributed by atoms with Gasteiger partial charge in [-0.2, -0.15) is 0 Å². The number of halogens is 1. The van der Waals surface area contributed by atoms with Gasteiger partial charge in [0.05, 0.1) is 17.0 Å². The van der Waals surface area contributed by atoms with Crippen molar-refractivity contribution in [2.45, 2.75) is 48.8 Å². The number of amides is 3. The molecular formula is C27H32ClN3O5S2. The second-order valence-corrected chi connectivity index (χ2v) is 12.3. The molecule has 0 bridgehead atoms. The highest BCUT2D eigenvalue weighted by Crippen LogP contribution is 2.26. The van der Waals surface area contributed by atoms with Crippen LogP contribution in [0.1, 0.15) is 54.4 Å². The van der Waals surface area contributed by atoms with Gasteiger partial charge >= 0.3 is 6.03 Å². The zero-order valence-corrected chi connectivity index (χ0v) is 23.7. The minimum absolute atomic E-state index is 0.0175. The topological polar surface area (TPSA) is 114 Å². The van der Waals surface area contributed by atoms with E-state index >= 15 is 0 Å². The van der Waals surface area contributed by atoms with Crippen molar-refractivity contribution in [3.63, 3.8) is 0 Å². The maximum Gasteiger partial charge on any atom is 0.328 e. The molecular weight excluding hydrogens is 546 g/mol. The SMILES string of the molecule is CCC[C@H](CC[C@H](CNC(=O)c1ccccc1OC)c1ccccc1)NC(=O)NS(=O)(=O)c1ccc(Cl)s1. The maximum absolute atomic E-state index is 12.9. The van der Waals surface area contributed by atoms with Crippen molar-refractivity contribution in [3.8, 4) is 5.75 Å². The number of para-hydroxylation sites is 1. The number of carbonyl (C=O) groups excluding carboxylic acids is 2. The van der Waals surface area contributed by atoms with E-state index < -0.39 is 16.1 Å². The maximum atomic E-state index is 12.9. The van der Waals surface area contributed by atoms with E-state index in [1.165, 1.54) is 19.2 Å². The van der Waals surface area contributed by atoms with Crippen LogP contribution in [0.25, 0.3) is 0 Å². The van der Waals surface area contributed by atoms with Crippen molar-refractivity contribution in [2.24, 2.45) is 0 Å². The molecule has 0 aliphatic carbocycles. The number of carbonyl (C=O) groups is 2. The minimum atomic E-state index is -4.01. The Morgan fingerprint density at radius 3 is 2.34 bits per heavy atom. The van der Waals surface area contributed by atoms with Crippen LogP contribution in [0.2, 0.25) is 4.34 Å². The molecule has 3 amide bonds. The highest BCUT2D eigenvalue weighted by Gasteiger charge is 2.23. The van der Waals surface area contributed by atoms with Crippen molar-refractivity contribution < 1.29 is 22.7 Å². The van der Waals surface area contributed by atoms with Crippen LogP contribution in [-0.4, -0.2) is 40.1 Å². The Morgan fingerprint density at radius 1 is 0.974 bits per heavy atom. The fraction of sp³-hybridized carbons (Fsp3) is 0.333. The van der Waals surface area contributed by atoms with Gasteiger partial charge in [-0.3, -0.25) is 4.79 Å². The summed E-state index contributed by atoms with van der Waals surface area (Å²) in [4.78, 5) is 25.4. The number of urea groups is 1. The van der Waals surface area contributed by atoms with Gasteiger partial charge in [-0.05, 0) is 49.1 Å². The lowest BCUT2D eigenvalue weighted by Crippen LogP contribution is -2.44. The van der Waals surface area contributed by atoms with E-state index in [9.17, 15) is 18.0 Å². The molecule has 3 N–H and O–H groups in total. The zero-order valence-electron chi connectivity index (χ0n) is 21.3. The summed E-state index contributed by atoms with van der Waals surface area (Å²) >= 11 is 6.72. The molecule has 0 fully saturated rings. The summed E-state index contributed by atoms with van der Waals surface area (Å²) in [6, 6.07) is 18.7. The lowest BCUT2D eigenvalue weighted by Gasteiger charge is -2.23. The molecule has 0 saturated heterocycles. The lowest BCUT2D eigenvalue weighted by atomic mass is 9.91. The first kappa shape index (κ1) is 29.5. The Hall–Kier alpha value is -3.08. The monoisotopic (exact) mass is 577 g/mol. The molecule has 2 atom stereocenters. The summed E-state index contributed by atoms with van der Waals surface area (Å²) in [5.41, 5.74) is 1.52. The fourth-order valence-corrected chi connectivity index (χ4v) is 6.52. The molecule has 0 radical (unpaired) electrons. The van der Waals surface area contributed by atoms with Crippen LogP contribution in [0, 0.1) is 0 Å². The van der Waals surface area contributed by atoms with Gasteiger partial charge < -0.3 is 15.4 Å². The highest BCUT2D eigenvalue weighted by molar-refractivity contribution is 7.92. The molecule has 0 unspecified atom stereocenters. The first-order valence-corrected chi connectivity index (χ1v) is 15.0. The number of hydrogen-bond acceptors (Lipinski definition) is 6. The molecule has 204 valence electrons. The molecule has 2 aromatic carbocycles. The summed E-state index contributed by atoms with van der Waals surface area (Å²) in [6.45, 7) is 2.39. The molecule has 0 aliphatic rings. The van der Waals surface area contributed by atoms with Crippen LogP contribution < -0.4 is 20.1 Å². The molecule has 3 rings (SSSR count). The standard InChI is InChI=1S/C27H32ClN3O5S2/c1-3-9-21(30-27(33)31-38(34,35)25-17-16-24(28)37-25)15-14-20(19-10-5-4-6-11-19)18-29-26(32)22-12-7-8-13-23(22)36-2/h4-8,10-13,16-17,20-21H,3,9,14-15,18H2,1-2H3,(H,29,32)(H2,30,31,33)/t20-,21-/m1/s1. The van der Waals surface area contributed by atoms with Crippen LogP contribution in [0.5, 0.6) is 5.75 Å². The van der Waals surface area contributed by atoms with Gasteiger partial charge in [0.15, 0.2) is 0 Å². The van der Waals surface area contributed by atoms with Gasteiger partial charge in [-0.15, -0.1) is 11.3 Å². The Kier molecular flexibility index (Phi) is 11.0. The molecule has 0 aliphatic heterocycles. The summed E-state index contributed by atoms with van der Waals surface area (Å²) in [7, 11) is -2.48. The second kappa shape index (κ2) is 14.2. The van der Waals surface area contributed by atoms with E-state index in [1.807, 2.05) is 37.3 Å². The van der Waals surface area contributed by atoms with E-state index in [4.69, 9.17) is 16.3 Å². The van der Waals surface area contributed by atoms with Crippen molar-refractivity contribution in [1.82, 2.24) is 15.4 Å². The molecule has 38 heavy (non-hydrogen) atoms. The van der Waals surface area contributed by atoms with Crippen LogP contribution in [0.15, 0.2) is 70.9 Å². The number of ether oxygens (including phenoxy) is 1. The van der Waals surface area contributed by atoms with Crippen molar-refractivity contribution >= 4 is 44.9 Å². The molecule has 0 spiro atoms. The Labute approximate surface area is 232 Å². The first-order valence-electron chi connectivity index (χ1n) is 12.3. The van der Waals surface area contributed by atoms with Gasteiger partial charge in [0.2, 0.25) is 0 Å². The van der Waals surface area contributed by atoms with E-state index in [0.29, 0.717) is 41.5 Å². The number of sulfonamides is 1.